The minimum atomic E-state index is 0.551. The molecule has 0 spiro atoms. The van der Waals surface area contributed by atoms with Crippen molar-refractivity contribution in [2.24, 2.45) is 0 Å². The van der Waals surface area contributed by atoms with Crippen molar-refractivity contribution in [2.45, 2.75) is 39.8 Å². The van der Waals surface area contributed by atoms with Crippen molar-refractivity contribution in [3.05, 3.63) is 45.9 Å². The molecule has 0 fully saturated rings. The van der Waals surface area contributed by atoms with E-state index in [0.717, 1.165) is 36.7 Å². The third kappa shape index (κ3) is 4.32. The number of nitrogens with one attached hydrogen (secondary N) is 1. The molecule has 1 aromatic carbocycles. The average molecular weight is 290 g/mol. The van der Waals surface area contributed by atoms with E-state index in [1.807, 2.05) is 30.3 Å². The van der Waals surface area contributed by atoms with Crippen molar-refractivity contribution < 1.29 is 4.74 Å². The molecule has 108 valence electrons. The Balaban J connectivity index is 1.94. The van der Waals surface area contributed by atoms with Gasteiger partial charge in [-0.2, -0.15) is 0 Å². The first-order valence-corrected chi connectivity index (χ1v) is 8.01. The Hall–Kier alpha value is -1.39. The Labute approximate surface area is 125 Å². The minimum absolute atomic E-state index is 0.551. The van der Waals surface area contributed by atoms with E-state index in [2.05, 4.69) is 24.1 Å². The normalized spacial score (nSPS) is 10.7. The first-order valence-electron chi connectivity index (χ1n) is 7.19. The van der Waals surface area contributed by atoms with E-state index in [-0.39, 0.29) is 0 Å². The van der Waals surface area contributed by atoms with Gasteiger partial charge in [0.1, 0.15) is 17.4 Å². The fraction of sp³-hybridized carbons (Fsp3) is 0.438. The van der Waals surface area contributed by atoms with Gasteiger partial charge in [0.2, 0.25) is 0 Å². The van der Waals surface area contributed by atoms with Crippen LogP contribution in [0.25, 0.3) is 0 Å². The summed E-state index contributed by atoms with van der Waals surface area (Å²) >= 11 is 1.76. The molecule has 0 amide bonds. The quantitative estimate of drug-likeness (QED) is 0.751. The van der Waals surface area contributed by atoms with Crippen LogP contribution in [0.5, 0.6) is 5.75 Å². The Bertz CT molecular complexity index is 510. The highest BCUT2D eigenvalue weighted by atomic mass is 32.1. The zero-order valence-electron chi connectivity index (χ0n) is 12.2. The van der Waals surface area contributed by atoms with Crippen molar-refractivity contribution in [1.29, 1.82) is 0 Å². The Kier molecular flexibility index (Phi) is 6.02. The average Bonchev–Trinajstić information content (AvgIpc) is 2.89. The first-order chi connectivity index (χ1) is 9.83. The highest BCUT2D eigenvalue weighted by molar-refractivity contribution is 7.11. The van der Waals surface area contributed by atoms with Gasteiger partial charge in [0.25, 0.3) is 0 Å². The molecular formula is C16H22N2OS. The Morgan fingerprint density at radius 1 is 1.20 bits per heavy atom. The van der Waals surface area contributed by atoms with Crippen LogP contribution in [0.15, 0.2) is 30.3 Å². The van der Waals surface area contributed by atoms with Gasteiger partial charge in [-0.3, -0.25) is 0 Å². The standard InChI is InChI=1S/C16H22N2OS/c1-3-10-17-11-15-14(4-2)18-16(20-15)12-19-13-8-6-5-7-9-13/h5-9,17H,3-4,10-12H2,1-2H3. The highest BCUT2D eigenvalue weighted by Gasteiger charge is 2.09. The van der Waals surface area contributed by atoms with Gasteiger partial charge in [-0.25, -0.2) is 4.98 Å². The monoisotopic (exact) mass is 290 g/mol. The molecule has 0 saturated carbocycles. The SMILES string of the molecule is CCCNCc1sc(COc2ccccc2)nc1CC. The number of rotatable bonds is 8. The maximum atomic E-state index is 5.76. The van der Waals surface area contributed by atoms with Crippen molar-refractivity contribution in [3.8, 4) is 5.75 Å². The van der Waals surface area contributed by atoms with Crippen LogP contribution in [0.2, 0.25) is 0 Å². The van der Waals surface area contributed by atoms with E-state index in [1.54, 1.807) is 11.3 Å². The molecular weight excluding hydrogens is 268 g/mol. The fourth-order valence-corrected chi connectivity index (χ4v) is 2.99. The van der Waals surface area contributed by atoms with Crippen LogP contribution >= 0.6 is 11.3 Å². The molecule has 4 heteroatoms. The van der Waals surface area contributed by atoms with Gasteiger partial charge in [-0.1, -0.05) is 32.0 Å². The van der Waals surface area contributed by atoms with Crippen molar-refractivity contribution in [3.63, 3.8) is 0 Å². The Morgan fingerprint density at radius 3 is 2.70 bits per heavy atom. The highest BCUT2D eigenvalue weighted by Crippen LogP contribution is 2.21. The van der Waals surface area contributed by atoms with E-state index in [1.165, 1.54) is 10.6 Å². The molecule has 1 N–H and O–H groups in total. The van der Waals surface area contributed by atoms with E-state index in [4.69, 9.17) is 4.74 Å². The van der Waals surface area contributed by atoms with Gasteiger partial charge in [0.05, 0.1) is 5.69 Å². The lowest BCUT2D eigenvalue weighted by Crippen LogP contribution is -2.13. The first kappa shape index (κ1) is 15.0. The minimum Gasteiger partial charge on any atom is -0.486 e. The van der Waals surface area contributed by atoms with Gasteiger partial charge in [0.15, 0.2) is 0 Å². The van der Waals surface area contributed by atoms with Crippen molar-refractivity contribution in [2.75, 3.05) is 6.54 Å². The van der Waals surface area contributed by atoms with Gasteiger partial charge in [-0.05, 0) is 31.5 Å². The maximum absolute atomic E-state index is 5.76. The number of aryl methyl sites for hydroxylation is 1. The molecule has 0 saturated heterocycles. The van der Waals surface area contributed by atoms with Crippen LogP contribution in [-0.4, -0.2) is 11.5 Å². The van der Waals surface area contributed by atoms with Gasteiger partial charge >= 0.3 is 0 Å². The molecule has 0 atom stereocenters. The predicted molar refractivity (Wildman–Crippen MR) is 84.3 cm³/mol. The summed E-state index contributed by atoms with van der Waals surface area (Å²) in [5.74, 6) is 0.895. The lowest BCUT2D eigenvalue weighted by atomic mass is 10.3. The third-order valence-corrected chi connectivity index (χ3v) is 4.05. The summed E-state index contributed by atoms with van der Waals surface area (Å²) in [6, 6.07) is 9.89. The smallest absolute Gasteiger partial charge is 0.140 e. The van der Waals surface area contributed by atoms with Gasteiger partial charge < -0.3 is 10.1 Å². The molecule has 20 heavy (non-hydrogen) atoms. The van der Waals surface area contributed by atoms with E-state index >= 15 is 0 Å². The lowest BCUT2D eigenvalue weighted by molar-refractivity contribution is 0.305. The topological polar surface area (TPSA) is 34.1 Å². The molecule has 0 unspecified atom stereocenters. The summed E-state index contributed by atoms with van der Waals surface area (Å²) in [6.07, 6.45) is 2.13. The van der Waals surface area contributed by atoms with Crippen molar-refractivity contribution >= 4 is 11.3 Å². The second kappa shape index (κ2) is 8.02. The Morgan fingerprint density at radius 2 is 2.00 bits per heavy atom. The van der Waals surface area contributed by atoms with Crippen LogP contribution in [0, 0.1) is 0 Å². The summed E-state index contributed by atoms with van der Waals surface area (Å²) in [4.78, 5) is 6.02. The summed E-state index contributed by atoms with van der Waals surface area (Å²) in [5.41, 5.74) is 1.20. The molecule has 1 heterocycles. The van der Waals surface area contributed by atoms with Crippen LogP contribution < -0.4 is 10.1 Å². The van der Waals surface area contributed by atoms with Crippen LogP contribution in [-0.2, 0) is 19.6 Å². The second-order valence-electron chi connectivity index (χ2n) is 4.61. The molecule has 0 aliphatic rings. The van der Waals surface area contributed by atoms with Crippen LogP contribution in [0.3, 0.4) is 0 Å². The fourth-order valence-electron chi connectivity index (χ4n) is 1.95. The predicted octanol–water partition coefficient (Wildman–Crippen LogP) is 3.78. The van der Waals surface area contributed by atoms with Crippen LogP contribution in [0.1, 0.15) is 35.8 Å². The zero-order chi connectivity index (χ0) is 14.2. The van der Waals surface area contributed by atoms with Gasteiger partial charge in [0, 0.05) is 11.4 Å². The zero-order valence-corrected chi connectivity index (χ0v) is 13.0. The number of hydrogen-bond acceptors (Lipinski definition) is 4. The number of ether oxygens (including phenoxy) is 1. The summed E-state index contributed by atoms with van der Waals surface area (Å²) in [7, 11) is 0. The lowest BCUT2D eigenvalue weighted by Gasteiger charge is -2.02. The van der Waals surface area contributed by atoms with Gasteiger partial charge in [-0.15, -0.1) is 11.3 Å². The van der Waals surface area contributed by atoms with E-state index in [9.17, 15) is 0 Å². The summed E-state index contributed by atoms with van der Waals surface area (Å²) < 4.78 is 5.76. The number of benzene rings is 1. The maximum Gasteiger partial charge on any atom is 0.140 e. The molecule has 3 nitrogen and oxygen atoms in total. The molecule has 0 bridgehead atoms. The number of para-hydroxylation sites is 1. The summed E-state index contributed by atoms with van der Waals surface area (Å²) in [6.45, 7) is 6.85. The molecule has 2 rings (SSSR count). The largest absolute Gasteiger partial charge is 0.486 e. The molecule has 0 aliphatic heterocycles. The van der Waals surface area contributed by atoms with E-state index < -0.39 is 0 Å². The number of thiazole rings is 1. The summed E-state index contributed by atoms with van der Waals surface area (Å²) in [5, 5.41) is 4.50. The third-order valence-electron chi connectivity index (χ3n) is 2.98. The number of aromatic nitrogens is 1. The van der Waals surface area contributed by atoms with Crippen LogP contribution in [0.4, 0.5) is 0 Å². The number of nitrogens with zero attached hydrogens (tertiary/aromatic N) is 1. The molecule has 0 aliphatic carbocycles. The second-order valence-corrected chi connectivity index (χ2v) is 5.78. The van der Waals surface area contributed by atoms with Crippen molar-refractivity contribution in [1.82, 2.24) is 10.3 Å². The molecule has 2 aromatic rings. The molecule has 0 radical (unpaired) electrons. The number of hydrogen-bond donors (Lipinski definition) is 1. The molecule has 1 aromatic heterocycles. The van der Waals surface area contributed by atoms with E-state index in [0.29, 0.717) is 6.61 Å².